The number of halogens is 1. The molecule has 0 aliphatic carbocycles. The minimum atomic E-state index is -0.500. The molecule has 2 aliphatic rings. The number of carbonyl (C=O) groups excluding carboxylic acids is 2. The summed E-state index contributed by atoms with van der Waals surface area (Å²) in [6.45, 7) is 4.16. The molecule has 2 heterocycles. The van der Waals surface area contributed by atoms with Crippen molar-refractivity contribution in [2.45, 2.75) is 37.6 Å². The molecule has 2 atom stereocenters. The Bertz CT molecular complexity index is 654. The molecule has 0 bridgehead atoms. The van der Waals surface area contributed by atoms with Gasteiger partial charge in [0.1, 0.15) is 17.6 Å². The van der Waals surface area contributed by atoms with Gasteiger partial charge in [-0.05, 0) is 32.4 Å². The van der Waals surface area contributed by atoms with Gasteiger partial charge in [0.25, 0.3) is 0 Å². The van der Waals surface area contributed by atoms with Crippen LogP contribution in [0.4, 0.5) is 10.1 Å². The molecule has 2 amide bonds. The molecular formula is C16H19FN2O3S. The SMILES string of the molecule is CCOc1cc(F)ccc1NC(=O)C1CSC2(C)CCC(=O)N12. The van der Waals surface area contributed by atoms with Gasteiger partial charge in [-0.15, -0.1) is 11.8 Å². The number of thioether (sulfide) groups is 1. The average molecular weight is 338 g/mol. The number of amides is 2. The number of nitrogens with zero attached hydrogens (tertiary/aromatic N) is 1. The molecule has 23 heavy (non-hydrogen) atoms. The van der Waals surface area contributed by atoms with Crippen LogP contribution in [0.25, 0.3) is 0 Å². The van der Waals surface area contributed by atoms with E-state index in [0.29, 0.717) is 30.2 Å². The van der Waals surface area contributed by atoms with Gasteiger partial charge in [0.2, 0.25) is 11.8 Å². The second-order valence-corrected chi connectivity index (χ2v) is 7.33. The van der Waals surface area contributed by atoms with Crippen LogP contribution in [0.2, 0.25) is 0 Å². The largest absolute Gasteiger partial charge is 0.492 e. The summed E-state index contributed by atoms with van der Waals surface area (Å²) in [4.78, 5) is 26.1. The normalized spacial score (nSPS) is 26.3. The molecule has 1 aromatic rings. The zero-order valence-electron chi connectivity index (χ0n) is 13.1. The highest BCUT2D eigenvalue weighted by atomic mass is 32.2. The second kappa shape index (κ2) is 6.03. The third kappa shape index (κ3) is 2.89. The van der Waals surface area contributed by atoms with Crippen molar-refractivity contribution >= 4 is 29.3 Å². The average Bonchev–Trinajstić information content (AvgIpc) is 2.99. The summed E-state index contributed by atoms with van der Waals surface area (Å²) in [7, 11) is 0. The van der Waals surface area contributed by atoms with Crippen LogP contribution in [0.15, 0.2) is 18.2 Å². The molecule has 0 radical (unpaired) electrons. The number of hydrogen-bond donors (Lipinski definition) is 1. The molecule has 0 spiro atoms. The predicted octanol–water partition coefficient (Wildman–Crippen LogP) is 2.62. The third-order valence-electron chi connectivity index (χ3n) is 4.25. The van der Waals surface area contributed by atoms with E-state index in [1.54, 1.807) is 23.6 Å². The zero-order valence-corrected chi connectivity index (χ0v) is 13.9. The molecular weight excluding hydrogens is 319 g/mol. The number of hydrogen-bond acceptors (Lipinski definition) is 4. The molecule has 2 fully saturated rings. The molecule has 0 aromatic heterocycles. The first-order chi connectivity index (χ1) is 10.9. The highest BCUT2D eigenvalue weighted by Gasteiger charge is 2.52. The Labute approximate surface area is 138 Å². The smallest absolute Gasteiger partial charge is 0.248 e. The monoisotopic (exact) mass is 338 g/mol. The number of nitrogens with one attached hydrogen (secondary N) is 1. The maximum Gasteiger partial charge on any atom is 0.248 e. The maximum absolute atomic E-state index is 13.3. The number of fused-ring (bicyclic) bond motifs is 1. The molecule has 1 N–H and O–H groups in total. The van der Waals surface area contributed by atoms with Crippen LogP contribution >= 0.6 is 11.8 Å². The third-order valence-corrected chi connectivity index (χ3v) is 5.75. The van der Waals surface area contributed by atoms with Gasteiger partial charge in [0, 0.05) is 18.2 Å². The van der Waals surface area contributed by atoms with E-state index in [1.807, 2.05) is 6.92 Å². The summed E-state index contributed by atoms with van der Waals surface area (Å²) in [6, 6.07) is 3.49. The van der Waals surface area contributed by atoms with Crippen LogP contribution < -0.4 is 10.1 Å². The topological polar surface area (TPSA) is 58.6 Å². The molecule has 1 aromatic carbocycles. The second-order valence-electron chi connectivity index (χ2n) is 5.83. The number of ether oxygens (including phenoxy) is 1. The van der Waals surface area contributed by atoms with Crippen molar-refractivity contribution in [2.24, 2.45) is 0 Å². The first-order valence-electron chi connectivity index (χ1n) is 7.64. The standard InChI is InChI=1S/C16H19FN2O3S/c1-3-22-13-8-10(17)4-5-11(13)18-15(21)12-9-23-16(2)7-6-14(20)19(12)16/h4-5,8,12H,3,6-7,9H2,1-2H3,(H,18,21). The molecule has 5 nitrogen and oxygen atoms in total. The van der Waals surface area contributed by atoms with Crippen LogP contribution in [0.5, 0.6) is 5.75 Å². The quantitative estimate of drug-likeness (QED) is 0.917. The minimum Gasteiger partial charge on any atom is -0.492 e. The molecule has 2 aliphatic heterocycles. The first kappa shape index (κ1) is 16.1. The Morgan fingerprint density at radius 2 is 2.35 bits per heavy atom. The van der Waals surface area contributed by atoms with E-state index in [0.717, 1.165) is 6.42 Å². The van der Waals surface area contributed by atoms with Gasteiger partial charge in [0.15, 0.2) is 0 Å². The van der Waals surface area contributed by atoms with Gasteiger partial charge >= 0.3 is 0 Å². The summed E-state index contributed by atoms with van der Waals surface area (Å²) in [5, 5.41) is 2.78. The summed E-state index contributed by atoms with van der Waals surface area (Å²) in [6.07, 6.45) is 1.25. The highest BCUT2D eigenvalue weighted by molar-refractivity contribution is 8.01. The van der Waals surface area contributed by atoms with E-state index in [1.165, 1.54) is 18.2 Å². The Kier molecular flexibility index (Phi) is 4.23. The van der Waals surface area contributed by atoms with Crippen molar-refractivity contribution in [3.8, 4) is 5.75 Å². The van der Waals surface area contributed by atoms with E-state index in [-0.39, 0.29) is 16.7 Å². The summed E-state index contributed by atoms with van der Waals surface area (Å²) in [5.41, 5.74) is 0.420. The van der Waals surface area contributed by atoms with E-state index in [9.17, 15) is 14.0 Å². The van der Waals surface area contributed by atoms with Gasteiger partial charge < -0.3 is 15.0 Å². The Balaban J connectivity index is 1.79. The number of rotatable bonds is 4. The predicted molar refractivity (Wildman–Crippen MR) is 86.9 cm³/mol. The molecule has 7 heteroatoms. The molecule has 0 saturated carbocycles. The lowest BCUT2D eigenvalue weighted by Crippen LogP contribution is -2.48. The van der Waals surface area contributed by atoms with Crippen molar-refractivity contribution in [3.05, 3.63) is 24.0 Å². The van der Waals surface area contributed by atoms with Crippen LogP contribution in [0.3, 0.4) is 0 Å². The Morgan fingerprint density at radius 3 is 3.09 bits per heavy atom. The van der Waals surface area contributed by atoms with Crippen molar-refractivity contribution in [2.75, 3.05) is 17.7 Å². The fourth-order valence-corrected chi connectivity index (χ4v) is 4.54. The van der Waals surface area contributed by atoms with E-state index in [2.05, 4.69) is 5.32 Å². The van der Waals surface area contributed by atoms with Gasteiger partial charge in [-0.25, -0.2) is 4.39 Å². The molecule has 3 rings (SSSR count). The van der Waals surface area contributed by atoms with Crippen LogP contribution in [-0.2, 0) is 9.59 Å². The van der Waals surface area contributed by atoms with Crippen molar-refractivity contribution < 1.29 is 18.7 Å². The Morgan fingerprint density at radius 1 is 1.57 bits per heavy atom. The van der Waals surface area contributed by atoms with Crippen LogP contribution in [-0.4, -0.2) is 40.0 Å². The molecule has 124 valence electrons. The first-order valence-corrected chi connectivity index (χ1v) is 8.62. The number of benzene rings is 1. The van der Waals surface area contributed by atoms with Crippen molar-refractivity contribution in [1.82, 2.24) is 4.90 Å². The van der Waals surface area contributed by atoms with E-state index >= 15 is 0 Å². The zero-order chi connectivity index (χ0) is 16.6. The lowest BCUT2D eigenvalue weighted by Gasteiger charge is -2.30. The van der Waals surface area contributed by atoms with Gasteiger partial charge in [-0.2, -0.15) is 0 Å². The summed E-state index contributed by atoms with van der Waals surface area (Å²) in [5.74, 6) is 0.192. The van der Waals surface area contributed by atoms with E-state index < -0.39 is 11.9 Å². The summed E-state index contributed by atoms with van der Waals surface area (Å²) >= 11 is 1.64. The molecule has 2 unspecified atom stereocenters. The van der Waals surface area contributed by atoms with Crippen LogP contribution in [0, 0.1) is 5.82 Å². The van der Waals surface area contributed by atoms with Crippen molar-refractivity contribution in [1.29, 1.82) is 0 Å². The fraction of sp³-hybridized carbons (Fsp3) is 0.500. The highest BCUT2D eigenvalue weighted by Crippen LogP contribution is 2.47. The van der Waals surface area contributed by atoms with Gasteiger partial charge in [0.05, 0.1) is 17.2 Å². The van der Waals surface area contributed by atoms with Gasteiger partial charge in [-0.3, -0.25) is 9.59 Å². The number of carbonyl (C=O) groups is 2. The summed E-state index contributed by atoms with van der Waals surface area (Å²) < 4.78 is 18.7. The lowest BCUT2D eigenvalue weighted by molar-refractivity contribution is -0.135. The lowest BCUT2D eigenvalue weighted by atomic mass is 10.2. The Hall–Kier alpha value is -1.76. The fourth-order valence-electron chi connectivity index (χ4n) is 3.11. The van der Waals surface area contributed by atoms with Gasteiger partial charge in [-0.1, -0.05) is 0 Å². The minimum absolute atomic E-state index is 0.0155. The van der Waals surface area contributed by atoms with Crippen molar-refractivity contribution in [3.63, 3.8) is 0 Å². The van der Waals surface area contributed by atoms with E-state index in [4.69, 9.17) is 4.74 Å². The van der Waals surface area contributed by atoms with Crippen LogP contribution in [0.1, 0.15) is 26.7 Å². The molecule has 2 saturated heterocycles. The number of anilines is 1. The maximum atomic E-state index is 13.3.